The molecule has 0 aromatic carbocycles. The maximum atomic E-state index is 12.0. The number of aromatic nitrogens is 2. The van der Waals surface area contributed by atoms with E-state index < -0.39 is 10.0 Å². The summed E-state index contributed by atoms with van der Waals surface area (Å²) in [6.07, 6.45) is 4.17. The average molecular weight is 300 g/mol. The molecule has 0 radical (unpaired) electrons. The first kappa shape index (κ1) is 15.0. The number of hydrogen-bond donors (Lipinski definition) is 1. The lowest BCUT2D eigenvalue weighted by molar-refractivity contribution is -0.126. The van der Waals surface area contributed by atoms with Crippen LogP contribution < -0.4 is 5.32 Å². The molecule has 0 saturated carbocycles. The topological polar surface area (TPSA) is 84.3 Å². The molecule has 1 saturated heterocycles. The molecule has 1 amide bonds. The van der Waals surface area contributed by atoms with E-state index >= 15 is 0 Å². The van der Waals surface area contributed by atoms with Crippen molar-refractivity contribution < 1.29 is 13.2 Å². The first-order valence-corrected chi connectivity index (χ1v) is 8.42. The summed E-state index contributed by atoms with van der Waals surface area (Å²) < 4.78 is 25.9. The highest BCUT2D eigenvalue weighted by atomic mass is 32.2. The molecule has 20 heavy (non-hydrogen) atoms. The number of piperidine rings is 1. The van der Waals surface area contributed by atoms with Gasteiger partial charge in [-0.2, -0.15) is 5.10 Å². The van der Waals surface area contributed by atoms with Gasteiger partial charge in [0.05, 0.1) is 18.5 Å². The second-order valence-corrected chi connectivity index (χ2v) is 7.12. The highest BCUT2D eigenvalue weighted by molar-refractivity contribution is 7.88. The molecule has 1 N–H and O–H groups in total. The molecule has 1 aromatic rings. The summed E-state index contributed by atoms with van der Waals surface area (Å²) in [5, 5.41) is 7.04. The maximum Gasteiger partial charge on any atom is 0.223 e. The zero-order valence-electron chi connectivity index (χ0n) is 11.7. The third-order valence-electron chi connectivity index (χ3n) is 3.51. The van der Waals surface area contributed by atoms with Gasteiger partial charge in [0.1, 0.15) is 0 Å². The standard InChI is InChI=1S/C12H20N4O3S/c1-15-6-5-11(14-15)9-13-12(17)10-3-7-16(8-4-10)20(2,18)19/h5-6,10H,3-4,7-9H2,1-2H3,(H,13,17). The Hall–Kier alpha value is -1.41. The molecule has 0 unspecified atom stereocenters. The average Bonchev–Trinajstić information content (AvgIpc) is 2.81. The van der Waals surface area contributed by atoms with Crippen molar-refractivity contribution in [3.63, 3.8) is 0 Å². The van der Waals surface area contributed by atoms with E-state index in [0.29, 0.717) is 32.5 Å². The molecular formula is C12H20N4O3S. The Kier molecular flexibility index (Phi) is 4.44. The molecule has 1 fully saturated rings. The van der Waals surface area contributed by atoms with Gasteiger partial charge in [0.25, 0.3) is 0 Å². The fourth-order valence-corrected chi connectivity index (χ4v) is 3.20. The van der Waals surface area contributed by atoms with E-state index in [2.05, 4.69) is 10.4 Å². The van der Waals surface area contributed by atoms with Crippen LogP contribution in [0.4, 0.5) is 0 Å². The van der Waals surface area contributed by atoms with Gasteiger partial charge in [0.2, 0.25) is 15.9 Å². The molecule has 1 aliphatic rings. The van der Waals surface area contributed by atoms with Gasteiger partial charge < -0.3 is 5.32 Å². The van der Waals surface area contributed by atoms with Crippen LogP contribution in [-0.2, 0) is 28.4 Å². The van der Waals surface area contributed by atoms with E-state index in [9.17, 15) is 13.2 Å². The molecule has 0 atom stereocenters. The van der Waals surface area contributed by atoms with Crippen molar-refractivity contribution in [2.24, 2.45) is 13.0 Å². The third-order valence-corrected chi connectivity index (χ3v) is 4.81. The molecular weight excluding hydrogens is 280 g/mol. The minimum Gasteiger partial charge on any atom is -0.350 e. The molecule has 0 bridgehead atoms. The number of sulfonamides is 1. The van der Waals surface area contributed by atoms with Crippen molar-refractivity contribution in [1.29, 1.82) is 0 Å². The summed E-state index contributed by atoms with van der Waals surface area (Å²) in [4.78, 5) is 12.0. The van der Waals surface area contributed by atoms with Crippen LogP contribution in [0.15, 0.2) is 12.3 Å². The van der Waals surface area contributed by atoms with E-state index in [1.54, 1.807) is 4.68 Å². The Bertz CT molecular complexity index is 573. The number of hydrogen-bond acceptors (Lipinski definition) is 4. The number of amides is 1. The number of carbonyl (C=O) groups excluding carboxylic acids is 1. The lowest BCUT2D eigenvalue weighted by atomic mass is 9.97. The molecule has 0 aliphatic carbocycles. The highest BCUT2D eigenvalue weighted by Crippen LogP contribution is 2.19. The quantitative estimate of drug-likeness (QED) is 0.828. The predicted molar refractivity (Wildman–Crippen MR) is 74.2 cm³/mol. The van der Waals surface area contributed by atoms with Gasteiger partial charge in [-0.1, -0.05) is 0 Å². The predicted octanol–water partition coefficient (Wildman–Crippen LogP) is -0.292. The van der Waals surface area contributed by atoms with Crippen molar-refractivity contribution in [2.45, 2.75) is 19.4 Å². The van der Waals surface area contributed by atoms with Crippen molar-refractivity contribution in [3.8, 4) is 0 Å². The van der Waals surface area contributed by atoms with Crippen molar-refractivity contribution in [3.05, 3.63) is 18.0 Å². The molecule has 0 spiro atoms. The largest absolute Gasteiger partial charge is 0.350 e. The summed E-state index contributed by atoms with van der Waals surface area (Å²) in [5.41, 5.74) is 0.814. The van der Waals surface area contributed by atoms with Gasteiger partial charge in [-0.3, -0.25) is 9.48 Å². The fraction of sp³-hybridized carbons (Fsp3) is 0.667. The van der Waals surface area contributed by atoms with E-state index in [-0.39, 0.29) is 11.8 Å². The fourth-order valence-electron chi connectivity index (χ4n) is 2.33. The summed E-state index contributed by atoms with van der Waals surface area (Å²) in [6, 6.07) is 1.85. The van der Waals surface area contributed by atoms with Gasteiger partial charge in [-0.05, 0) is 18.9 Å². The Morgan fingerprint density at radius 2 is 2.10 bits per heavy atom. The zero-order valence-corrected chi connectivity index (χ0v) is 12.6. The summed E-state index contributed by atoms with van der Waals surface area (Å²) in [5.74, 6) is -0.138. The molecule has 1 aliphatic heterocycles. The second kappa shape index (κ2) is 5.92. The first-order valence-electron chi connectivity index (χ1n) is 6.57. The lowest BCUT2D eigenvalue weighted by Gasteiger charge is -2.29. The van der Waals surface area contributed by atoms with E-state index in [1.807, 2.05) is 19.3 Å². The number of rotatable bonds is 4. The summed E-state index contributed by atoms with van der Waals surface area (Å²) in [6.45, 7) is 1.24. The van der Waals surface area contributed by atoms with Crippen molar-refractivity contribution >= 4 is 15.9 Å². The third kappa shape index (κ3) is 3.80. The molecule has 8 heteroatoms. The van der Waals surface area contributed by atoms with Crippen LogP contribution in [0.5, 0.6) is 0 Å². The van der Waals surface area contributed by atoms with Crippen LogP contribution in [0.25, 0.3) is 0 Å². The number of aryl methyl sites for hydroxylation is 1. The van der Waals surface area contributed by atoms with Crippen LogP contribution >= 0.6 is 0 Å². The van der Waals surface area contributed by atoms with E-state index in [4.69, 9.17) is 0 Å². The number of carbonyl (C=O) groups is 1. The van der Waals surface area contributed by atoms with Gasteiger partial charge >= 0.3 is 0 Å². The maximum absolute atomic E-state index is 12.0. The lowest BCUT2D eigenvalue weighted by Crippen LogP contribution is -2.42. The monoisotopic (exact) mass is 300 g/mol. The van der Waals surface area contributed by atoms with Crippen molar-refractivity contribution in [1.82, 2.24) is 19.4 Å². The summed E-state index contributed by atoms with van der Waals surface area (Å²) in [7, 11) is -1.31. The molecule has 2 heterocycles. The van der Waals surface area contributed by atoms with Gasteiger partial charge in [0.15, 0.2) is 0 Å². The Morgan fingerprint density at radius 3 is 2.60 bits per heavy atom. The summed E-state index contributed by atoms with van der Waals surface area (Å²) >= 11 is 0. The normalized spacial score (nSPS) is 18.1. The van der Waals surface area contributed by atoms with Gasteiger partial charge in [-0.15, -0.1) is 0 Å². The Labute approximate surface area is 119 Å². The highest BCUT2D eigenvalue weighted by Gasteiger charge is 2.28. The Morgan fingerprint density at radius 1 is 1.45 bits per heavy atom. The molecule has 7 nitrogen and oxygen atoms in total. The number of nitrogens with zero attached hydrogens (tertiary/aromatic N) is 3. The Balaban J connectivity index is 1.80. The minimum atomic E-state index is -3.14. The smallest absolute Gasteiger partial charge is 0.223 e. The van der Waals surface area contributed by atoms with Crippen LogP contribution in [0.1, 0.15) is 18.5 Å². The van der Waals surface area contributed by atoms with Crippen molar-refractivity contribution in [2.75, 3.05) is 19.3 Å². The van der Waals surface area contributed by atoms with Gasteiger partial charge in [0, 0.05) is 32.3 Å². The van der Waals surface area contributed by atoms with E-state index in [1.165, 1.54) is 10.6 Å². The van der Waals surface area contributed by atoms with Gasteiger partial charge in [-0.25, -0.2) is 12.7 Å². The molecule has 2 rings (SSSR count). The SMILES string of the molecule is Cn1ccc(CNC(=O)C2CCN(S(C)(=O)=O)CC2)n1. The number of nitrogens with one attached hydrogen (secondary N) is 1. The van der Waals surface area contributed by atoms with Crippen LogP contribution in [-0.4, -0.2) is 47.8 Å². The minimum absolute atomic E-state index is 0.0243. The van der Waals surface area contributed by atoms with Crippen LogP contribution in [0.2, 0.25) is 0 Å². The first-order chi connectivity index (χ1) is 9.36. The van der Waals surface area contributed by atoms with Crippen LogP contribution in [0.3, 0.4) is 0 Å². The molecule has 112 valence electrons. The second-order valence-electron chi connectivity index (χ2n) is 5.13. The molecule has 1 aromatic heterocycles. The van der Waals surface area contributed by atoms with E-state index in [0.717, 1.165) is 5.69 Å². The zero-order chi connectivity index (χ0) is 14.8. The van der Waals surface area contributed by atoms with Crippen LogP contribution in [0, 0.1) is 5.92 Å².